The van der Waals surface area contributed by atoms with E-state index in [1.165, 1.54) is 32.1 Å². The van der Waals surface area contributed by atoms with E-state index in [4.69, 9.17) is 9.72 Å². The Morgan fingerprint density at radius 2 is 1.77 bits per heavy atom. The molecule has 31 heavy (non-hydrogen) atoms. The van der Waals surface area contributed by atoms with Gasteiger partial charge in [0.2, 0.25) is 0 Å². The minimum atomic E-state index is -0.161. The molecule has 0 saturated heterocycles. The number of aromatic nitrogens is 2. The highest BCUT2D eigenvalue weighted by atomic mass is 16.5. The van der Waals surface area contributed by atoms with Crippen LogP contribution in [0.5, 0.6) is 5.75 Å². The molecule has 1 amide bonds. The van der Waals surface area contributed by atoms with Gasteiger partial charge in [-0.25, -0.2) is 9.97 Å². The highest BCUT2D eigenvalue weighted by Gasteiger charge is 2.17. The molecule has 1 heterocycles. The number of hydrogen-bond acceptors (Lipinski definition) is 4. The smallest absolute Gasteiger partial charge is 0.256 e. The van der Waals surface area contributed by atoms with Crippen LogP contribution in [0.25, 0.3) is 11.3 Å². The van der Waals surface area contributed by atoms with Crippen molar-refractivity contribution in [3.63, 3.8) is 0 Å². The Morgan fingerprint density at radius 1 is 1.03 bits per heavy atom. The molecule has 1 N–H and O–H groups in total. The summed E-state index contributed by atoms with van der Waals surface area (Å²) in [7, 11) is 1.66. The number of nitrogens with one attached hydrogen (secondary N) is 1. The van der Waals surface area contributed by atoms with Gasteiger partial charge in [0.05, 0.1) is 24.7 Å². The zero-order valence-corrected chi connectivity index (χ0v) is 18.0. The summed E-state index contributed by atoms with van der Waals surface area (Å²) in [6.07, 6.45) is 10.2. The number of carbonyl (C=O) groups excluding carboxylic acids is 1. The molecule has 160 valence electrons. The van der Waals surface area contributed by atoms with Gasteiger partial charge >= 0.3 is 0 Å². The molecule has 5 nitrogen and oxygen atoms in total. The molecule has 1 aliphatic carbocycles. The summed E-state index contributed by atoms with van der Waals surface area (Å²) >= 11 is 0. The maximum atomic E-state index is 12.7. The van der Waals surface area contributed by atoms with Gasteiger partial charge in [-0.05, 0) is 55.2 Å². The molecule has 5 heteroatoms. The Labute approximate surface area is 183 Å². The van der Waals surface area contributed by atoms with Gasteiger partial charge in [0.25, 0.3) is 5.91 Å². The summed E-state index contributed by atoms with van der Waals surface area (Å²) in [5.41, 5.74) is 3.25. The van der Waals surface area contributed by atoms with Crippen molar-refractivity contribution in [2.24, 2.45) is 5.92 Å². The van der Waals surface area contributed by atoms with Crippen molar-refractivity contribution in [1.82, 2.24) is 9.97 Å². The third-order valence-electron chi connectivity index (χ3n) is 6.01. The van der Waals surface area contributed by atoms with Gasteiger partial charge in [-0.2, -0.15) is 0 Å². The Bertz CT molecular complexity index is 997. The molecule has 0 bridgehead atoms. The first-order valence-corrected chi connectivity index (χ1v) is 11.1. The second-order valence-electron chi connectivity index (χ2n) is 8.14. The maximum Gasteiger partial charge on any atom is 0.256 e. The van der Waals surface area contributed by atoms with Gasteiger partial charge in [-0.15, -0.1) is 0 Å². The standard InChI is InChI=1S/C26H29N3O2/c1-31-22-15-13-20(14-16-22)24-18-27-25(29-26(30)21-10-6-3-7-11-21)23(28-24)17-12-19-8-4-2-5-9-19/h3,6-7,10-11,13-16,18-19H,2,4-5,8-9,12,17H2,1H3,(H,27,29,30). The van der Waals surface area contributed by atoms with Crippen LogP contribution in [0.4, 0.5) is 5.82 Å². The SMILES string of the molecule is COc1ccc(-c2cnc(NC(=O)c3ccccc3)c(CCC3CCCCC3)n2)cc1. The number of rotatable bonds is 7. The lowest BCUT2D eigenvalue weighted by Crippen LogP contribution is -2.16. The molecule has 0 unspecified atom stereocenters. The first kappa shape index (κ1) is 21.0. The predicted molar refractivity (Wildman–Crippen MR) is 123 cm³/mol. The summed E-state index contributed by atoms with van der Waals surface area (Å²) in [5, 5.41) is 2.98. The van der Waals surface area contributed by atoms with Crippen LogP contribution in [0.3, 0.4) is 0 Å². The van der Waals surface area contributed by atoms with Crippen molar-refractivity contribution in [1.29, 1.82) is 0 Å². The first-order chi connectivity index (χ1) is 15.2. The quantitative estimate of drug-likeness (QED) is 0.520. The number of aryl methyl sites for hydroxylation is 1. The summed E-state index contributed by atoms with van der Waals surface area (Å²) in [6, 6.07) is 17.0. The molecule has 3 aromatic rings. The number of nitrogens with zero attached hydrogens (tertiary/aromatic N) is 2. The predicted octanol–water partition coefficient (Wildman–Crippen LogP) is 5.92. The van der Waals surface area contributed by atoms with Gasteiger partial charge in [-0.3, -0.25) is 4.79 Å². The number of ether oxygens (including phenoxy) is 1. The fourth-order valence-electron chi connectivity index (χ4n) is 4.19. The van der Waals surface area contributed by atoms with E-state index in [0.717, 1.165) is 41.5 Å². The molecule has 1 aliphatic rings. The normalized spacial score (nSPS) is 14.2. The zero-order chi connectivity index (χ0) is 21.5. The largest absolute Gasteiger partial charge is 0.497 e. The fourth-order valence-corrected chi connectivity index (χ4v) is 4.19. The van der Waals surface area contributed by atoms with Gasteiger partial charge in [0.15, 0.2) is 5.82 Å². The summed E-state index contributed by atoms with van der Waals surface area (Å²) < 4.78 is 5.26. The molecular formula is C26H29N3O2. The van der Waals surface area contributed by atoms with Crippen molar-refractivity contribution in [3.05, 3.63) is 72.1 Å². The Hall–Kier alpha value is -3.21. The van der Waals surface area contributed by atoms with Crippen molar-refractivity contribution in [3.8, 4) is 17.0 Å². The Morgan fingerprint density at radius 3 is 2.48 bits per heavy atom. The molecule has 1 fully saturated rings. The van der Waals surface area contributed by atoms with Crippen LogP contribution < -0.4 is 10.1 Å². The third kappa shape index (κ3) is 5.48. The Kier molecular flexibility index (Phi) is 6.92. The maximum absolute atomic E-state index is 12.7. The van der Waals surface area contributed by atoms with Crippen LogP contribution in [-0.2, 0) is 6.42 Å². The van der Waals surface area contributed by atoms with E-state index >= 15 is 0 Å². The van der Waals surface area contributed by atoms with E-state index in [2.05, 4.69) is 10.3 Å². The number of carbonyl (C=O) groups is 1. The molecule has 0 radical (unpaired) electrons. The van der Waals surface area contributed by atoms with E-state index in [1.54, 1.807) is 25.4 Å². The van der Waals surface area contributed by atoms with Crippen LogP contribution in [0.1, 0.15) is 54.6 Å². The summed E-state index contributed by atoms with van der Waals surface area (Å²) in [6.45, 7) is 0. The minimum Gasteiger partial charge on any atom is -0.497 e. The molecule has 4 rings (SSSR count). The third-order valence-corrected chi connectivity index (χ3v) is 6.01. The average molecular weight is 416 g/mol. The van der Waals surface area contributed by atoms with Crippen molar-refractivity contribution in [2.45, 2.75) is 44.9 Å². The van der Waals surface area contributed by atoms with E-state index < -0.39 is 0 Å². The number of methoxy groups -OCH3 is 1. The molecule has 1 aromatic heterocycles. The van der Waals surface area contributed by atoms with Crippen LogP contribution in [0.15, 0.2) is 60.8 Å². The van der Waals surface area contributed by atoms with E-state index in [9.17, 15) is 4.79 Å². The van der Waals surface area contributed by atoms with E-state index in [0.29, 0.717) is 11.4 Å². The molecule has 0 atom stereocenters. The van der Waals surface area contributed by atoms with Crippen LogP contribution >= 0.6 is 0 Å². The molecule has 0 spiro atoms. The Balaban J connectivity index is 1.58. The van der Waals surface area contributed by atoms with E-state index in [-0.39, 0.29) is 5.91 Å². The van der Waals surface area contributed by atoms with Crippen LogP contribution in [0, 0.1) is 5.92 Å². The lowest BCUT2D eigenvalue weighted by atomic mass is 9.86. The topological polar surface area (TPSA) is 64.1 Å². The van der Waals surface area contributed by atoms with Crippen molar-refractivity contribution < 1.29 is 9.53 Å². The number of hydrogen-bond donors (Lipinski definition) is 1. The number of anilines is 1. The minimum absolute atomic E-state index is 0.161. The monoisotopic (exact) mass is 415 g/mol. The first-order valence-electron chi connectivity index (χ1n) is 11.1. The number of amides is 1. The molecular weight excluding hydrogens is 386 g/mol. The zero-order valence-electron chi connectivity index (χ0n) is 18.0. The molecule has 1 saturated carbocycles. The fraction of sp³-hybridized carbons (Fsp3) is 0.346. The van der Waals surface area contributed by atoms with Crippen LogP contribution in [0.2, 0.25) is 0 Å². The van der Waals surface area contributed by atoms with Crippen molar-refractivity contribution >= 4 is 11.7 Å². The van der Waals surface area contributed by atoms with Crippen molar-refractivity contribution in [2.75, 3.05) is 12.4 Å². The van der Waals surface area contributed by atoms with E-state index in [1.807, 2.05) is 42.5 Å². The van der Waals surface area contributed by atoms with Gasteiger partial charge < -0.3 is 10.1 Å². The highest BCUT2D eigenvalue weighted by Crippen LogP contribution is 2.29. The average Bonchev–Trinajstić information content (AvgIpc) is 2.84. The molecule has 2 aromatic carbocycles. The van der Waals surface area contributed by atoms with Crippen LogP contribution in [-0.4, -0.2) is 23.0 Å². The van der Waals surface area contributed by atoms with Gasteiger partial charge in [-0.1, -0.05) is 50.3 Å². The second-order valence-corrected chi connectivity index (χ2v) is 8.14. The van der Waals surface area contributed by atoms with Gasteiger partial charge in [0.1, 0.15) is 5.75 Å². The summed E-state index contributed by atoms with van der Waals surface area (Å²) in [4.78, 5) is 22.2. The molecule has 0 aliphatic heterocycles. The summed E-state index contributed by atoms with van der Waals surface area (Å²) in [5.74, 6) is 1.94. The highest BCUT2D eigenvalue weighted by molar-refractivity contribution is 6.04. The lowest BCUT2D eigenvalue weighted by Gasteiger charge is -2.21. The van der Waals surface area contributed by atoms with Gasteiger partial charge in [0, 0.05) is 11.1 Å². The number of benzene rings is 2. The lowest BCUT2D eigenvalue weighted by molar-refractivity contribution is 0.102. The second kappa shape index (κ2) is 10.2.